The molecule has 3 rings (SSSR count). The topological polar surface area (TPSA) is 40.6 Å². The monoisotopic (exact) mass is 350 g/mol. The number of carbonyl (C=O) groups is 2. The molecule has 0 radical (unpaired) electrons. The molecule has 0 aromatic heterocycles. The molecule has 1 aliphatic rings. The Morgan fingerprint density at radius 3 is 1.81 bits per heavy atom. The third-order valence-corrected chi connectivity index (χ3v) is 4.99. The van der Waals surface area contributed by atoms with Gasteiger partial charge in [0.25, 0.3) is 5.91 Å². The van der Waals surface area contributed by atoms with E-state index in [0.717, 1.165) is 5.56 Å². The van der Waals surface area contributed by atoms with Crippen LogP contribution in [0.1, 0.15) is 35.7 Å². The average molecular weight is 350 g/mol. The van der Waals surface area contributed by atoms with Gasteiger partial charge in [0, 0.05) is 31.7 Å². The summed E-state index contributed by atoms with van der Waals surface area (Å²) in [6.45, 7) is 6.52. The molecule has 26 heavy (non-hydrogen) atoms. The van der Waals surface area contributed by atoms with Crippen molar-refractivity contribution in [2.45, 2.75) is 19.8 Å². The Kier molecular flexibility index (Phi) is 5.71. The highest BCUT2D eigenvalue weighted by atomic mass is 16.2. The van der Waals surface area contributed by atoms with Gasteiger partial charge in [0.1, 0.15) is 0 Å². The molecule has 1 saturated heterocycles. The summed E-state index contributed by atoms with van der Waals surface area (Å²) in [5, 5.41) is 0. The van der Waals surface area contributed by atoms with E-state index < -0.39 is 0 Å². The van der Waals surface area contributed by atoms with E-state index in [-0.39, 0.29) is 23.7 Å². The van der Waals surface area contributed by atoms with Crippen molar-refractivity contribution in [2.24, 2.45) is 5.92 Å². The van der Waals surface area contributed by atoms with E-state index in [1.165, 1.54) is 0 Å². The van der Waals surface area contributed by atoms with Crippen molar-refractivity contribution in [1.82, 2.24) is 9.80 Å². The molecule has 4 nitrogen and oxygen atoms in total. The largest absolute Gasteiger partial charge is 0.339 e. The molecule has 136 valence electrons. The Hall–Kier alpha value is -2.62. The van der Waals surface area contributed by atoms with E-state index in [1.807, 2.05) is 70.5 Å². The Bertz CT molecular complexity index is 735. The molecule has 2 amide bonds. The highest BCUT2D eigenvalue weighted by Crippen LogP contribution is 2.27. The molecule has 0 saturated carbocycles. The van der Waals surface area contributed by atoms with Crippen molar-refractivity contribution in [1.29, 1.82) is 0 Å². The lowest BCUT2D eigenvalue weighted by Crippen LogP contribution is -2.52. The van der Waals surface area contributed by atoms with E-state index in [1.54, 1.807) is 0 Å². The quantitative estimate of drug-likeness (QED) is 0.848. The van der Waals surface area contributed by atoms with Crippen LogP contribution in [-0.4, -0.2) is 47.8 Å². The third-order valence-electron chi connectivity index (χ3n) is 4.99. The number of rotatable bonds is 4. The molecule has 0 N–H and O–H groups in total. The Morgan fingerprint density at radius 2 is 1.27 bits per heavy atom. The van der Waals surface area contributed by atoms with Crippen LogP contribution in [0.5, 0.6) is 0 Å². The maximum Gasteiger partial charge on any atom is 0.253 e. The van der Waals surface area contributed by atoms with Crippen molar-refractivity contribution in [2.75, 3.05) is 26.2 Å². The maximum atomic E-state index is 13.1. The summed E-state index contributed by atoms with van der Waals surface area (Å²) < 4.78 is 0. The summed E-state index contributed by atoms with van der Waals surface area (Å²) in [7, 11) is 0. The standard InChI is InChI=1S/C22H26N2O2/c1-17(2)20(18-9-5-3-6-10-18)22(26)24-15-13-23(14-16-24)21(25)19-11-7-4-8-12-19/h3-12,17,20H,13-16H2,1-2H3. The number of carbonyl (C=O) groups excluding carboxylic acids is 2. The molecule has 1 heterocycles. The fourth-order valence-corrected chi connectivity index (χ4v) is 3.56. The summed E-state index contributed by atoms with van der Waals surface area (Å²) in [6, 6.07) is 19.3. The van der Waals surface area contributed by atoms with E-state index in [4.69, 9.17) is 0 Å². The normalized spacial score (nSPS) is 15.8. The Balaban J connectivity index is 1.65. The fourth-order valence-electron chi connectivity index (χ4n) is 3.56. The zero-order valence-electron chi connectivity index (χ0n) is 15.5. The average Bonchev–Trinajstić information content (AvgIpc) is 2.69. The van der Waals surface area contributed by atoms with Gasteiger partial charge < -0.3 is 9.80 Å². The molecule has 0 spiro atoms. The van der Waals surface area contributed by atoms with E-state index in [2.05, 4.69) is 13.8 Å². The fraction of sp³-hybridized carbons (Fsp3) is 0.364. The molecule has 2 aromatic rings. The lowest BCUT2D eigenvalue weighted by Gasteiger charge is -2.37. The number of amides is 2. The first-order chi connectivity index (χ1) is 12.6. The van der Waals surface area contributed by atoms with Crippen molar-refractivity contribution >= 4 is 11.8 Å². The zero-order chi connectivity index (χ0) is 18.5. The number of hydrogen-bond acceptors (Lipinski definition) is 2. The minimum absolute atomic E-state index is 0.0427. The molecule has 1 unspecified atom stereocenters. The molecule has 4 heteroatoms. The van der Waals surface area contributed by atoms with Crippen molar-refractivity contribution < 1.29 is 9.59 Å². The minimum atomic E-state index is -0.132. The van der Waals surface area contributed by atoms with Gasteiger partial charge in [-0.2, -0.15) is 0 Å². The van der Waals surface area contributed by atoms with Gasteiger partial charge in [-0.15, -0.1) is 0 Å². The van der Waals surface area contributed by atoms with E-state index in [9.17, 15) is 9.59 Å². The molecular weight excluding hydrogens is 324 g/mol. The lowest BCUT2D eigenvalue weighted by molar-refractivity contribution is -0.135. The Labute approximate surface area is 155 Å². The zero-order valence-corrected chi connectivity index (χ0v) is 15.5. The molecule has 2 aromatic carbocycles. The molecule has 0 aliphatic carbocycles. The number of hydrogen-bond donors (Lipinski definition) is 0. The SMILES string of the molecule is CC(C)C(C(=O)N1CCN(C(=O)c2ccccc2)CC1)c1ccccc1. The second-order valence-corrected chi connectivity index (χ2v) is 7.12. The van der Waals surface area contributed by atoms with E-state index >= 15 is 0 Å². The summed E-state index contributed by atoms with van der Waals surface area (Å²) in [4.78, 5) is 29.4. The highest BCUT2D eigenvalue weighted by molar-refractivity contribution is 5.94. The minimum Gasteiger partial charge on any atom is -0.339 e. The molecule has 1 fully saturated rings. The van der Waals surface area contributed by atoms with Crippen LogP contribution in [0.25, 0.3) is 0 Å². The van der Waals surface area contributed by atoms with Crippen LogP contribution in [0.2, 0.25) is 0 Å². The number of benzene rings is 2. The highest BCUT2D eigenvalue weighted by Gasteiger charge is 2.31. The predicted octanol–water partition coefficient (Wildman–Crippen LogP) is 3.41. The summed E-state index contributed by atoms with van der Waals surface area (Å²) >= 11 is 0. The van der Waals surface area contributed by atoms with Gasteiger partial charge in [0.05, 0.1) is 5.92 Å². The third kappa shape index (κ3) is 3.96. The second kappa shape index (κ2) is 8.17. The van der Waals surface area contributed by atoms with Gasteiger partial charge in [-0.1, -0.05) is 62.4 Å². The first kappa shape index (κ1) is 18.2. The van der Waals surface area contributed by atoms with Crippen LogP contribution in [0.15, 0.2) is 60.7 Å². The maximum absolute atomic E-state index is 13.1. The molecule has 1 aliphatic heterocycles. The van der Waals surface area contributed by atoms with Crippen molar-refractivity contribution in [3.05, 3.63) is 71.8 Å². The number of nitrogens with zero attached hydrogens (tertiary/aromatic N) is 2. The number of piperazine rings is 1. The summed E-state index contributed by atoms with van der Waals surface area (Å²) in [5.41, 5.74) is 1.77. The van der Waals surface area contributed by atoms with Gasteiger partial charge in [-0.25, -0.2) is 0 Å². The van der Waals surface area contributed by atoms with Crippen molar-refractivity contribution in [3.63, 3.8) is 0 Å². The van der Waals surface area contributed by atoms with Gasteiger partial charge in [0.2, 0.25) is 5.91 Å². The van der Waals surface area contributed by atoms with Gasteiger partial charge in [-0.05, 0) is 23.6 Å². The molecular formula is C22H26N2O2. The van der Waals surface area contributed by atoms with Crippen LogP contribution in [0.3, 0.4) is 0 Å². The molecule has 0 bridgehead atoms. The van der Waals surface area contributed by atoms with Crippen LogP contribution in [-0.2, 0) is 4.79 Å². The Morgan fingerprint density at radius 1 is 0.769 bits per heavy atom. The van der Waals surface area contributed by atoms with E-state index in [0.29, 0.717) is 31.7 Å². The van der Waals surface area contributed by atoms with Crippen LogP contribution in [0, 0.1) is 5.92 Å². The van der Waals surface area contributed by atoms with Gasteiger partial charge in [-0.3, -0.25) is 9.59 Å². The molecule has 1 atom stereocenters. The lowest BCUT2D eigenvalue weighted by atomic mass is 9.87. The van der Waals surface area contributed by atoms with Crippen LogP contribution >= 0.6 is 0 Å². The summed E-state index contributed by atoms with van der Waals surface area (Å²) in [6.07, 6.45) is 0. The van der Waals surface area contributed by atoms with Gasteiger partial charge in [0.15, 0.2) is 0 Å². The second-order valence-electron chi connectivity index (χ2n) is 7.12. The smallest absolute Gasteiger partial charge is 0.253 e. The van der Waals surface area contributed by atoms with Crippen LogP contribution in [0.4, 0.5) is 0 Å². The first-order valence-electron chi connectivity index (χ1n) is 9.26. The predicted molar refractivity (Wildman–Crippen MR) is 103 cm³/mol. The van der Waals surface area contributed by atoms with Crippen molar-refractivity contribution in [3.8, 4) is 0 Å². The first-order valence-corrected chi connectivity index (χ1v) is 9.26. The summed E-state index contributed by atoms with van der Waals surface area (Å²) in [5.74, 6) is 0.306. The van der Waals surface area contributed by atoms with Gasteiger partial charge >= 0.3 is 0 Å². The van der Waals surface area contributed by atoms with Crippen LogP contribution < -0.4 is 0 Å².